The Bertz CT molecular complexity index is 943. The molecule has 0 bridgehead atoms. The van der Waals surface area contributed by atoms with E-state index < -0.39 is 0 Å². The van der Waals surface area contributed by atoms with Crippen molar-refractivity contribution in [3.8, 4) is 17.0 Å². The van der Waals surface area contributed by atoms with Gasteiger partial charge in [0.05, 0.1) is 26.0 Å². The van der Waals surface area contributed by atoms with Crippen molar-refractivity contribution in [2.45, 2.75) is 20.3 Å². The van der Waals surface area contributed by atoms with Gasteiger partial charge in [0.25, 0.3) is 0 Å². The number of hydrogen-bond donors (Lipinski definition) is 0. The van der Waals surface area contributed by atoms with E-state index in [0.717, 1.165) is 22.8 Å². The molecule has 0 radical (unpaired) electrons. The van der Waals surface area contributed by atoms with Gasteiger partial charge in [-0.15, -0.1) is 10.2 Å². The summed E-state index contributed by atoms with van der Waals surface area (Å²) < 4.78 is 10.4. The van der Waals surface area contributed by atoms with Crippen molar-refractivity contribution in [1.82, 2.24) is 20.0 Å². The van der Waals surface area contributed by atoms with Crippen LogP contribution in [-0.2, 0) is 14.3 Å². The summed E-state index contributed by atoms with van der Waals surface area (Å²) in [5.41, 5.74) is 1.72. The third kappa shape index (κ3) is 6.90. The van der Waals surface area contributed by atoms with Crippen LogP contribution < -0.4 is 9.64 Å². The van der Waals surface area contributed by atoms with Gasteiger partial charge in [0.2, 0.25) is 11.8 Å². The SMILES string of the molecule is COCCN(CC(=O)N1CCN(c2ccc(-c3cccc(OC)c3)nn2)CC1)C(=O)CC(C)C. The van der Waals surface area contributed by atoms with Crippen molar-refractivity contribution in [1.29, 1.82) is 0 Å². The molecular formula is C25H35N5O4. The molecule has 1 aliphatic rings. The number of amides is 2. The van der Waals surface area contributed by atoms with E-state index in [1.807, 2.05) is 55.1 Å². The number of carbonyl (C=O) groups excluding carboxylic acids is 2. The monoisotopic (exact) mass is 469 g/mol. The number of rotatable bonds is 10. The van der Waals surface area contributed by atoms with Crippen LogP contribution >= 0.6 is 0 Å². The van der Waals surface area contributed by atoms with E-state index in [1.165, 1.54) is 0 Å². The summed E-state index contributed by atoms with van der Waals surface area (Å²) in [6.07, 6.45) is 0.426. The van der Waals surface area contributed by atoms with Gasteiger partial charge in [0.1, 0.15) is 5.75 Å². The summed E-state index contributed by atoms with van der Waals surface area (Å²) in [7, 11) is 3.23. The summed E-state index contributed by atoms with van der Waals surface area (Å²) in [6, 6.07) is 11.6. The number of ether oxygens (including phenoxy) is 2. The zero-order chi connectivity index (χ0) is 24.5. The Morgan fingerprint density at radius 3 is 2.44 bits per heavy atom. The van der Waals surface area contributed by atoms with E-state index >= 15 is 0 Å². The average molecular weight is 470 g/mol. The maximum Gasteiger partial charge on any atom is 0.242 e. The summed E-state index contributed by atoms with van der Waals surface area (Å²) in [5.74, 6) is 1.76. The second kappa shape index (κ2) is 12.3. The van der Waals surface area contributed by atoms with Crippen LogP contribution in [0.5, 0.6) is 5.75 Å². The molecule has 0 aliphatic carbocycles. The molecule has 0 atom stereocenters. The molecule has 9 heteroatoms. The zero-order valence-corrected chi connectivity index (χ0v) is 20.6. The van der Waals surface area contributed by atoms with Crippen molar-refractivity contribution >= 4 is 17.6 Å². The molecular weight excluding hydrogens is 434 g/mol. The van der Waals surface area contributed by atoms with Crippen LogP contribution in [0.15, 0.2) is 36.4 Å². The molecule has 0 N–H and O–H groups in total. The number of carbonyl (C=O) groups is 2. The molecule has 0 spiro atoms. The Labute approximate surface area is 201 Å². The molecule has 34 heavy (non-hydrogen) atoms. The van der Waals surface area contributed by atoms with Gasteiger partial charge in [0, 0.05) is 51.8 Å². The maximum atomic E-state index is 12.9. The number of anilines is 1. The summed E-state index contributed by atoms with van der Waals surface area (Å²) in [5, 5.41) is 8.78. The first-order valence-electron chi connectivity index (χ1n) is 11.7. The second-order valence-corrected chi connectivity index (χ2v) is 8.78. The van der Waals surface area contributed by atoms with Crippen LogP contribution in [-0.4, -0.2) is 91.9 Å². The Hall–Kier alpha value is -3.20. The standard InChI is InChI=1S/C25H35N5O4/c1-19(2)16-24(31)30(14-15-33-3)18-25(32)29-12-10-28(11-13-29)23-9-8-22(26-27-23)20-6-5-7-21(17-20)34-4/h5-9,17,19H,10-16,18H2,1-4H3. The molecule has 1 aliphatic heterocycles. The Balaban J connectivity index is 1.55. The number of benzene rings is 1. The van der Waals surface area contributed by atoms with Crippen LogP contribution in [0.2, 0.25) is 0 Å². The number of aromatic nitrogens is 2. The lowest BCUT2D eigenvalue weighted by Gasteiger charge is -2.36. The Morgan fingerprint density at radius 1 is 1.06 bits per heavy atom. The molecule has 2 heterocycles. The fraction of sp³-hybridized carbons (Fsp3) is 0.520. The topological polar surface area (TPSA) is 88.1 Å². The summed E-state index contributed by atoms with van der Waals surface area (Å²) >= 11 is 0. The summed E-state index contributed by atoms with van der Waals surface area (Å²) in [4.78, 5) is 31.0. The quantitative estimate of drug-likeness (QED) is 0.528. The van der Waals surface area contributed by atoms with Crippen molar-refractivity contribution < 1.29 is 19.1 Å². The predicted octanol–water partition coefficient (Wildman–Crippen LogP) is 2.32. The highest BCUT2D eigenvalue weighted by atomic mass is 16.5. The predicted molar refractivity (Wildman–Crippen MR) is 131 cm³/mol. The number of nitrogens with zero attached hydrogens (tertiary/aromatic N) is 5. The largest absolute Gasteiger partial charge is 0.497 e. The first kappa shape index (κ1) is 25.4. The van der Waals surface area contributed by atoms with Crippen molar-refractivity contribution in [3.05, 3.63) is 36.4 Å². The van der Waals surface area contributed by atoms with E-state index in [-0.39, 0.29) is 24.3 Å². The van der Waals surface area contributed by atoms with Gasteiger partial charge in [0.15, 0.2) is 5.82 Å². The number of hydrogen-bond acceptors (Lipinski definition) is 7. The lowest BCUT2D eigenvalue weighted by atomic mass is 10.1. The fourth-order valence-corrected chi connectivity index (χ4v) is 3.85. The van der Waals surface area contributed by atoms with Crippen molar-refractivity contribution in [2.75, 3.05) is 65.0 Å². The molecule has 1 fully saturated rings. The minimum atomic E-state index is -0.0349. The molecule has 1 saturated heterocycles. The van der Waals surface area contributed by atoms with Gasteiger partial charge in [-0.1, -0.05) is 26.0 Å². The molecule has 0 unspecified atom stereocenters. The van der Waals surface area contributed by atoms with Gasteiger partial charge in [-0.3, -0.25) is 9.59 Å². The van der Waals surface area contributed by atoms with Crippen LogP contribution in [0.4, 0.5) is 5.82 Å². The van der Waals surface area contributed by atoms with Gasteiger partial charge in [-0.25, -0.2) is 0 Å². The van der Waals surface area contributed by atoms with Crippen LogP contribution in [0.25, 0.3) is 11.3 Å². The molecule has 3 rings (SSSR count). The Morgan fingerprint density at radius 2 is 1.82 bits per heavy atom. The van der Waals surface area contributed by atoms with Crippen molar-refractivity contribution in [3.63, 3.8) is 0 Å². The lowest BCUT2D eigenvalue weighted by molar-refractivity contribution is -0.141. The minimum absolute atomic E-state index is 0.00886. The highest BCUT2D eigenvalue weighted by molar-refractivity contribution is 5.85. The summed E-state index contributed by atoms with van der Waals surface area (Å²) in [6.45, 7) is 7.40. The maximum absolute atomic E-state index is 12.9. The van der Waals surface area contributed by atoms with E-state index in [1.54, 1.807) is 19.1 Å². The third-order valence-electron chi connectivity index (χ3n) is 5.80. The zero-order valence-electron chi connectivity index (χ0n) is 20.6. The van der Waals surface area contributed by atoms with Gasteiger partial charge in [-0.2, -0.15) is 0 Å². The molecule has 9 nitrogen and oxygen atoms in total. The minimum Gasteiger partial charge on any atom is -0.497 e. The van der Waals surface area contributed by atoms with Gasteiger partial charge in [-0.05, 0) is 30.2 Å². The first-order chi connectivity index (χ1) is 16.4. The first-order valence-corrected chi connectivity index (χ1v) is 11.7. The Kier molecular flexibility index (Phi) is 9.21. The van der Waals surface area contributed by atoms with Crippen molar-refractivity contribution in [2.24, 2.45) is 5.92 Å². The van der Waals surface area contributed by atoms with Crippen LogP contribution in [0.3, 0.4) is 0 Å². The molecule has 2 aromatic rings. The van der Waals surface area contributed by atoms with Crippen LogP contribution in [0.1, 0.15) is 20.3 Å². The molecule has 2 amide bonds. The smallest absolute Gasteiger partial charge is 0.242 e. The van der Waals surface area contributed by atoms with E-state index in [2.05, 4.69) is 15.1 Å². The molecule has 0 saturated carbocycles. The van der Waals surface area contributed by atoms with E-state index in [9.17, 15) is 9.59 Å². The average Bonchev–Trinajstić information content (AvgIpc) is 2.86. The second-order valence-electron chi connectivity index (χ2n) is 8.78. The molecule has 1 aromatic carbocycles. The van der Waals surface area contributed by atoms with E-state index in [0.29, 0.717) is 45.8 Å². The molecule has 184 valence electrons. The fourth-order valence-electron chi connectivity index (χ4n) is 3.85. The van der Waals surface area contributed by atoms with Gasteiger partial charge < -0.3 is 24.2 Å². The number of methoxy groups -OCH3 is 2. The van der Waals surface area contributed by atoms with E-state index in [4.69, 9.17) is 9.47 Å². The number of piperazine rings is 1. The van der Waals surface area contributed by atoms with Crippen LogP contribution in [0, 0.1) is 5.92 Å². The van der Waals surface area contributed by atoms with Gasteiger partial charge >= 0.3 is 0 Å². The normalized spacial score (nSPS) is 13.8. The lowest BCUT2D eigenvalue weighted by Crippen LogP contribution is -2.52. The highest BCUT2D eigenvalue weighted by Gasteiger charge is 2.25. The third-order valence-corrected chi connectivity index (χ3v) is 5.80. The molecule has 1 aromatic heterocycles. The highest BCUT2D eigenvalue weighted by Crippen LogP contribution is 2.23.